The SMILES string of the molecule is O=C(NCc1ccc(F)cc1)Nc1cnc2c(c1)CCC2. The van der Waals surface area contributed by atoms with E-state index < -0.39 is 0 Å². The predicted octanol–water partition coefficient (Wildman–Crippen LogP) is 3.03. The monoisotopic (exact) mass is 285 g/mol. The molecule has 1 aliphatic carbocycles. The number of amides is 2. The maximum Gasteiger partial charge on any atom is 0.319 e. The number of hydrogen-bond donors (Lipinski definition) is 2. The maximum atomic E-state index is 12.8. The first-order valence-corrected chi connectivity index (χ1v) is 6.98. The molecule has 1 heterocycles. The molecule has 2 N–H and O–H groups in total. The highest BCUT2D eigenvalue weighted by atomic mass is 19.1. The Morgan fingerprint density at radius 3 is 2.86 bits per heavy atom. The number of benzene rings is 1. The highest BCUT2D eigenvalue weighted by Crippen LogP contribution is 2.22. The summed E-state index contributed by atoms with van der Waals surface area (Å²) in [7, 11) is 0. The van der Waals surface area contributed by atoms with Gasteiger partial charge in [-0.2, -0.15) is 0 Å². The molecule has 1 aliphatic rings. The van der Waals surface area contributed by atoms with Crippen LogP contribution in [-0.2, 0) is 19.4 Å². The Hall–Kier alpha value is -2.43. The normalized spacial score (nSPS) is 12.8. The van der Waals surface area contributed by atoms with Gasteiger partial charge in [0.15, 0.2) is 0 Å². The topological polar surface area (TPSA) is 54.0 Å². The quantitative estimate of drug-likeness (QED) is 0.910. The second-order valence-electron chi connectivity index (χ2n) is 5.12. The van der Waals surface area contributed by atoms with Crippen molar-refractivity contribution in [1.29, 1.82) is 0 Å². The smallest absolute Gasteiger partial charge is 0.319 e. The zero-order valence-electron chi connectivity index (χ0n) is 11.5. The zero-order valence-corrected chi connectivity index (χ0v) is 11.5. The minimum atomic E-state index is -0.293. The molecule has 0 fully saturated rings. The molecule has 0 atom stereocenters. The van der Waals surface area contributed by atoms with E-state index in [2.05, 4.69) is 15.6 Å². The largest absolute Gasteiger partial charge is 0.334 e. The summed E-state index contributed by atoms with van der Waals surface area (Å²) < 4.78 is 12.8. The molecule has 1 aromatic carbocycles. The van der Waals surface area contributed by atoms with E-state index in [0.29, 0.717) is 12.2 Å². The molecule has 5 heteroatoms. The third kappa shape index (κ3) is 3.37. The summed E-state index contributed by atoms with van der Waals surface area (Å²) in [5.74, 6) is -0.285. The summed E-state index contributed by atoms with van der Waals surface area (Å²) in [6.07, 6.45) is 4.85. The zero-order chi connectivity index (χ0) is 14.7. The predicted molar refractivity (Wildman–Crippen MR) is 78.5 cm³/mol. The molecule has 21 heavy (non-hydrogen) atoms. The van der Waals surface area contributed by atoms with E-state index in [-0.39, 0.29) is 11.8 Å². The Labute approximate surface area is 122 Å². The summed E-state index contributed by atoms with van der Waals surface area (Å²) in [6, 6.07) is 7.73. The number of anilines is 1. The highest BCUT2D eigenvalue weighted by molar-refractivity contribution is 5.89. The van der Waals surface area contributed by atoms with Gasteiger partial charge in [0.25, 0.3) is 0 Å². The van der Waals surface area contributed by atoms with Crippen LogP contribution in [0.3, 0.4) is 0 Å². The second-order valence-corrected chi connectivity index (χ2v) is 5.12. The molecule has 108 valence electrons. The lowest BCUT2D eigenvalue weighted by Crippen LogP contribution is -2.28. The summed E-state index contributed by atoms with van der Waals surface area (Å²) in [5.41, 5.74) is 3.89. The van der Waals surface area contributed by atoms with Gasteiger partial charge in [0.05, 0.1) is 11.9 Å². The number of rotatable bonds is 3. The lowest BCUT2D eigenvalue weighted by atomic mass is 10.2. The van der Waals surface area contributed by atoms with Gasteiger partial charge in [-0.05, 0) is 48.6 Å². The Balaban J connectivity index is 1.55. The number of pyridine rings is 1. The number of fused-ring (bicyclic) bond motifs is 1. The molecule has 0 aliphatic heterocycles. The number of hydrogen-bond acceptors (Lipinski definition) is 2. The van der Waals surface area contributed by atoms with E-state index in [9.17, 15) is 9.18 Å². The number of aromatic nitrogens is 1. The van der Waals surface area contributed by atoms with E-state index in [1.807, 2.05) is 6.07 Å². The van der Waals surface area contributed by atoms with Crippen LogP contribution in [0.25, 0.3) is 0 Å². The van der Waals surface area contributed by atoms with Crippen LogP contribution >= 0.6 is 0 Å². The molecule has 0 saturated heterocycles. The summed E-state index contributed by atoms with van der Waals surface area (Å²) in [6.45, 7) is 0.352. The van der Waals surface area contributed by atoms with Gasteiger partial charge in [-0.25, -0.2) is 9.18 Å². The molecule has 2 aromatic rings. The minimum absolute atomic E-state index is 0.285. The van der Waals surface area contributed by atoms with Gasteiger partial charge in [0.2, 0.25) is 0 Å². The third-order valence-electron chi connectivity index (χ3n) is 3.54. The molecular weight excluding hydrogens is 269 g/mol. The number of urea groups is 1. The van der Waals surface area contributed by atoms with Gasteiger partial charge in [0, 0.05) is 12.2 Å². The van der Waals surface area contributed by atoms with E-state index in [0.717, 1.165) is 30.5 Å². The first-order valence-electron chi connectivity index (χ1n) is 6.98. The highest BCUT2D eigenvalue weighted by Gasteiger charge is 2.13. The van der Waals surface area contributed by atoms with Crippen LogP contribution < -0.4 is 10.6 Å². The molecule has 2 amide bonds. The Morgan fingerprint density at radius 1 is 1.24 bits per heavy atom. The van der Waals surface area contributed by atoms with Crippen LogP contribution in [-0.4, -0.2) is 11.0 Å². The first-order chi connectivity index (χ1) is 10.2. The molecule has 0 spiro atoms. The van der Waals surface area contributed by atoms with Crippen LogP contribution in [0.4, 0.5) is 14.9 Å². The van der Waals surface area contributed by atoms with Crippen molar-refractivity contribution in [1.82, 2.24) is 10.3 Å². The van der Waals surface area contributed by atoms with Crippen molar-refractivity contribution in [2.45, 2.75) is 25.8 Å². The Kier molecular flexibility index (Phi) is 3.81. The average molecular weight is 285 g/mol. The number of nitrogens with zero attached hydrogens (tertiary/aromatic N) is 1. The van der Waals surface area contributed by atoms with E-state index in [1.165, 1.54) is 17.7 Å². The standard InChI is InChI=1S/C16H16FN3O/c17-13-6-4-11(5-7-13)9-19-16(21)20-14-8-12-2-1-3-15(12)18-10-14/h4-8,10H,1-3,9H2,(H2,19,20,21). The van der Waals surface area contributed by atoms with Crippen LogP contribution in [0.5, 0.6) is 0 Å². The van der Waals surface area contributed by atoms with Gasteiger partial charge in [-0.1, -0.05) is 12.1 Å². The lowest BCUT2D eigenvalue weighted by Gasteiger charge is -2.08. The molecule has 4 nitrogen and oxygen atoms in total. The molecule has 0 saturated carbocycles. The third-order valence-corrected chi connectivity index (χ3v) is 3.54. The van der Waals surface area contributed by atoms with E-state index in [4.69, 9.17) is 0 Å². The average Bonchev–Trinajstić information content (AvgIpc) is 2.94. The lowest BCUT2D eigenvalue weighted by molar-refractivity contribution is 0.251. The number of aryl methyl sites for hydroxylation is 2. The maximum absolute atomic E-state index is 12.8. The van der Waals surface area contributed by atoms with Gasteiger partial charge >= 0.3 is 6.03 Å². The molecule has 0 bridgehead atoms. The second kappa shape index (κ2) is 5.91. The van der Waals surface area contributed by atoms with Crippen LogP contribution in [0.1, 0.15) is 23.2 Å². The van der Waals surface area contributed by atoms with Crippen LogP contribution in [0.15, 0.2) is 36.5 Å². The van der Waals surface area contributed by atoms with Crippen molar-refractivity contribution >= 4 is 11.7 Å². The summed E-state index contributed by atoms with van der Waals surface area (Å²) >= 11 is 0. The number of carbonyl (C=O) groups is 1. The molecule has 3 rings (SSSR count). The molecule has 0 unspecified atom stereocenters. The first kappa shape index (κ1) is 13.5. The van der Waals surface area contributed by atoms with Crippen LogP contribution in [0, 0.1) is 5.82 Å². The number of carbonyl (C=O) groups excluding carboxylic acids is 1. The van der Waals surface area contributed by atoms with Crippen molar-refractivity contribution in [3.63, 3.8) is 0 Å². The van der Waals surface area contributed by atoms with Gasteiger partial charge in [0.1, 0.15) is 5.82 Å². The van der Waals surface area contributed by atoms with Gasteiger partial charge in [-0.15, -0.1) is 0 Å². The molecule has 0 radical (unpaired) electrons. The Bertz CT molecular complexity index is 655. The van der Waals surface area contributed by atoms with Gasteiger partial charge in [-0.3, -0.25) is 4.98 Å². The summed E-state index contributed by atoms with van der Waals surface area (Å²) in [5, 5.41) is 5.50. The van der Waals surface area contributed by atoms with Crippen molar-refractivity contribution in [3.05, 3.63) is 59.2 Å². The fraction of sp³-hybridized carbons (Fsp3) is 0.250. The summed E-state index contributed by atoms with van der Waals surface area (Å²) in [4.78, 5) is 16.2. The molecular formula is C16H16FN3O. The van der Waals surface area contributed by atoms with Crippen molar-refractivity contribution in [2.75, 3.05) is 5.32 Å². The van der Waals surface area contributed by atoms with Crippen molar-refractivity contribution in [3.8, 4) is 0 Å². The van der Waals surface area contributed by atoms with Crippen molar-refractivity contribution in [2.24, 2.45) is 0 Å². The van der Waals surface area contributed by atoms with E-state index >= 15 is 0 Å². The number of nitrogens with one attached hydrogen (secondary N) is 2. The van der Waals surface area contributed by atoms with Crippen LogP contribution in [0.2, 0.25) is 0 Å². The van der Waals surface area contributed by atoms with Crippen molar-refractivity contribution < 1.29 is 9.18 Å². The Morgan fingerprint density at radius 2 is 2.05 bits per heavy atom. The van der Waals surface area contributed by atoms with Gasteiger partial charge < -0.3 is 10.6 Å². The minimum Gasteiger partial charge on any atom is -0.334 e. The van der Waals surface area contributed by atoms with E-state index in [1.54, 1.807) is 18.3 Å². The number of halogens is 1. The molecule has 1 aromatic heterocycles. The fourth-order valence-corrected chi connectivity index (χ4v) is 2.45. The fourth-order valence-electron chi connectivity index (χ4n) is 2.45.